The molecule has 0 aliphatic heterocycles. The van der Waals surface area contributed by atoms with Gasteiger partial charge in [-0.15, -0.1) is 0 Å². The summed E-state index contributed by atoms with van der Waals surface area (Å²) < 4.78 is 27.4. The van der Waals surface area contributed by atoms with E-state index >= 15 is 0 Å². The van der Waals surface area contributed by atoms with Crippen LogP contribution >= 0.6 is 11.6 Å². The highest BCUT2D eigenvalue weighted by Crippen LogP contribution is 2.42. The molecule has 1 unspecified atom stereocenters. The van der Waals surface area contributed by atoms with Gasteiger partial charge in [0.2, 0.25) is 5.95 Å². The van der Waals surface area contributed by atoms with Crippen molar-refractivity contribution in [2.45, 2.75) is 59.8 Å². The van der Waals surface area contributed by atoms with Gasteiger partial charge >= 0.3 is 5.97 Å². The van der Waals surface area contributed by atoms with E-state index in [-0.39, 0.29) is 0 Å². The third-order valence-electron chi connectivity index (χ3n) is 6.40. The summed E-state index contributed by atoms with van der Waals surface area (Å²) in [6.07, 6.45) is 0.462. The highest BCUT2D eigenvalue weighted by atomic mass is 35.5. The van der Waals surface area contributed by atoms with Crippen molar-refractivity contribution in [3.05, 3.63) is 81.6 Å². The molecule has 37 heavy (non-hydrogen) atoms. The minimum atomic E-state index is -0.995. The van der Waals surface area contributed by atoms with Crippen LogP contribution in [0.15, 0.2) is 42.6 Å². The van der Waals surface area contributed by atoms with Crippen LogP contribution in [0.5, 0.6) is 0 Å². The number of methoxy groups -OCH3 is 1. The van der Waals surface area contributed by atoms with Crippen LogP contribution in [0.4, 0.5) is 4.39 Å². The number of esters is 1. The Morgan fingerprint density at radius 2 is 1.81 bits per heavy atom. The second-order valence-electron chi connectivity index (χ2n) is 10.1. The second-order valence-corrected chi connectivity index (χ2v) is 10.5. The zero-order valence-electron chi connectivity index (χ0n) is 22.1. The maximum absolute atomic E-state index is 13.9. The molecule has 1 atom stereocenters. The lowest BCUT2D eigenvalue weighted by Crippen LogP contribution is -2.29. The normalized spacial score (nSPS) is 12.7. The SMILES string of the molecule is COC(=O)C(OC(C)(C)C)c1c(C)nc2c(c(C)c(C)n2Cc2ccnc(F)c2)c1-c1ccc(Cl)cc1. The van der Waals surface area contributed by atoms with Crippen molar-refractivity contribution in [2.75, 3.05) is 7.11 Å². The summed E-state index contributed by atoms with van der Waals surface area (Å²) in [4.78, 5) is 21.8. The number of carbonyl (C=O) groups excluding carboxylic acids is 1. The van der Waals surface area contributed by atoms with E-state index in [1.807, 2.05) is 65.8 Å². The predicted molar refractivity (Wildman–Crippen MR) is 143 cm³/mol. The van der Waals surface area contributed by atoms with Crippen LogP contribution in [-0.4, -0.2) is 33.2 Å². The number of benzene rings is 1. The molecular formula is C29H31ClFN3O3. The van der Waals surface area contributed by atoms with E-state index in [4.69, 9.17) is 26.1 Å². The van der Waals surface area contributed by atoms with Crippen LogP contribution in [0.1, 0.15) is 55.0 Å². The average molecular weight is 524 g/mol. The van der Waals surface area contributed by atoms with Gasteiger partial charge in [-0.05, 0) is 82.5 Å². The number of pyridine rings is 2. The number of hydrogen-bond donors (Lipinski definition) is 0. The van der Waals surface area contributed by atoms with Crippen molar-refractivity contribution >= 4 is 28.6 Å². The maximum Gasteiger partial charge on any atom is 0.339 e. The van der Waals surface area contributed by atoms with E-state index in [1.165, 1.54) is 19.4 Å². The molecule has 0 saturated carbocycles. The van der Waals surface area contributed by atoms with Crippen LogP contribution in [0.3, 0.4) is 0 Å². The Morgan fingerprint density at radius 1 is 1.14 bits per heavy atom. The molecule has 8 heteroatoms. The van der Waals surface area contributed by atoms with Gasteiger partial charge in [-0.1, -0.05) is 23.7 Å². The van der Waals surface area contributed by atoms with E-state index in [0.29, 0.717) is 22.8 Å². The Labute approximate surface area is 221 Å². The van der Waals surface area contributed by atoms with E-state index in [2.05, 4.69) is 9.55 Å². The van der Waals surface area contributed by atoms with Crippen molar-refractivity contribution in [2.24, 2.45) is 0 Å². The van der Waals surface area contributed by atoms with E-state index < -0.39 is 23.6 Å². The number of hydrogen-bond acceptors (Lipinski definition) is 5. The lowest BCUT2D eigenvalue weighted by Gasteiger charge is -2.29. The second kappa shape index (κ2) is 10.2. The zero-order valence-corrected chi connectivity index (χ0v) is 22.9. The molecule has 3 aromatic heterocycles. The number of aromatic nitrogens is 3. The topological polar surface area (TPSA) is 66.2 Å². The molecule has 1 aromatic carbocycles. The fourth-order valence-electron chi connectivity index (χ4n) is 4.63. The third-order valence-corrected chi connectivity index (χ3v) is 6.65. The molecule has 0 aliphatic carbocycles. The first-order valence-corrected chi connectivity index (χ1v) is 12.4. The van der Waals surface area contributed by atoms with Crippen molar-refractivity contribution in [1.29, 1.82) is 0 Å². The van der Waals surface area contributed by atoms with Gasteiger partial charge in [0, 0.05) is 45.7 Å². The monoisotopic (exact) mass is 523 g/mol. The molecule has 0 bridgehead atoms. The third kappa shape index (κ3) is 5.38. The number of rotatable bonds is 6. The number of fused-ring (bicyclic) bond motifs is 1. The quantitative estimate of drug-likeness (QED) is 0.203. The summed E-state index contributed by atoms with van der Waals surface area (Å²) in [5.74, 6) is -1.03. The molecule has 194 valence electrons. The highest BCUT2D eigenvalue weighted by molar-refractivity contribution is 6.30. The van der Waals surface area contributed by atoms with Gasteiger partial charge in [-0.3, -0.25) is 0 Å². The molecule has 0 fully saturated rings. The van der Waals surface area contributed by atoms with Gasteiger partial charge < -0.3 is 14.0 Å². The first-order valence-electron chi connectivity index (χ1n) is 12.0. The Bertz CT molecular complexity index is 1470. The van der Waals surface area contributed by atoms with Crippen molar-refractivity contribution in [3.8, 4) is 11.1 Å². The summed E-state index contributed by atoms with van der Waals surface area (Å²) in [6, 6.07) is 10.7. The Hall–Kier alpha value is -3.29. The largest absolute Gasteiger partial charge is 0.467 e. The Kier molecular flexibility index (Phi) is 7.40. The summed E-state index contributed by atoms with van der Waals surface area (Å²) in [6.45, 7) is 12.0. The summed E-state index contributed by atoms with van der Waals surface area (Å²) in [7, 11) is 1.35. The van der Waals surface area contributed by atoms with Gasteiger partial charge in [0.1, 0.15) is 5.65 Å². The van der Waals surface area contributed by atoms with Gasteiger partial charge in [-0.25, -0.2) is 14.8 Å². The molecule has 0 aliphatic rings. The highest BCUT2D eigenvalue weighted by Gasteiger charge is 2.34. The van der Waals surface area contributed by atoms with Crippen LogP contribution in [-0.2, 0) is 20.8 Å². The molecule has 0 N–H and O–H groups in total. The fraction of sp³-hybridized carbons (Fsp3) is 0.345. The molecule has 4 rings (SSSR count). The lowest BCUT2D eigenvalue weighted by atomic mass is 9.91. The lowest BCUT2D eigenvalue weighted by molar-refractivity contribution is -0.164. The van der Waals surface area contributed by atoms with Gasteiger partial charge in [0.15, 0.2) is 6.10 Å². The van der Waals surface area contributed by atoms with E-state index in [0.717, 1.165) is 39.0 Å². The van der Waals surface area contributed by atoms with Gasteiger partial charge in [-0.2, -0.15) is 4.39 Å². The summed E-state index contributed by atoms with van der Waals surface area (Å²) in [5.41, 5.74) is 5.85. The number of carbonyl (C=O) groups is 1. The molecule has 0 amide bonds. The van der Waals surface area contributed by atoms with Crippen LogP contribution in [0.2, 0.25) is 5.02 Å². The van der Waals surface area contributed by atoms with Crippen LogP contribution in [0, 0.1) is 26.7 Å². The van der Waals surface area contributed by atoms with Crippen LogP contribution in [0.25, 0.3) is 22.2 Å². The molecular weight excluding hydrogens is 493 g/mol. The molecule has 0 spiro atoms. The minimum absolute atomic E-state index is 0.417. The standard InChI is InChI=1S/C29H31ClFN3O3/c1-16-18(3)34(15-19-12-13-32-22(31)14-19)27-23(16)25(20-8-10-21(30)11-9-20)24(17(2)33-27)26(28(35)36-7)37-29(4,5)6/h8-14,26H,15H2,1-7H3. The minimum Gasteiger partial charge on any atom is -0.467 e. The van der Waals surface area contributed by atoms with Gasteiger partial charge in [0.25, 0.3) is 0 Å². The number of ether oxygens (including phenoxy) is 2. The van der Waals surface area contributed by atoms with Crippen molar-refractivity contribution < 1.29 is 18.7 Å². The molecule has 0 radical (unpaired) electrons. The summed E-state index contributed by atoms with van der Waals surface area (Å²) >= 11 is 6.22. The zero-order chi connectivity index (χ0) is 27.1. The Balaban J connectivity index is 2.08. The molecule has 4 aromatic rings. The first-order chi connectivity index (χ1) is 17.4. The maximum atomic E-state index is 13.9. The molecule has 3 heterocycles. The molecule has 0 saturated heterocycles. The Morgan fingerprint density at radius 3 is 2.41 bits per heavy atom. The molecule has 6 nitrogen and oxygen atoms in total. The predicted octanol–water partition coefficient (Wildman–Crippen LogP) is 6.89. The summed E-state index contributed by atoms with van der Waals surface area (Å²) in [5, 5.41) is 1.49. The van der Waals surface area contributed by atoms with E-state index in [1.54, 1.807) is 6.07 Å². The van der Waals surface area contributed by atoms with E-state index in [9.17, 15) is 9.18 Å². The average Bonchev–Trinajstić information content (AvgIpc) is 3.06. The fourth-order valence-corrected chi connectivity index (χ4v) is 4.76. The first kappa shape index (κ1) is 26.8. The smallest absolute Gasteiger partial charge is 0.339 e. The number of nitrogens with zero attached hydrogens (tertiary/aromatic N) is 3. The number of aryl methyl sites for hydroxylation is 2. The van der Waals surface area contributed by atoms with Crippen molar-refractivity contribution in [3.63, 3.8) is 0 Å². The van der Waals surface area contributed by atoms with Gasteiger partial charge in [0.05, 0.1) is 12.7 Å². The van der Waals surface area contributed by atoms with Crippen LogP contribution < -0.4 is 0 Å². The van der Waals surface area contributed by atoms with Crippen molar-refractivity contribution in [1.82, 2.24) is 14.5 Å². The number of halogens is 2.